The first kappa shape index (κ1) is 19.2. The summed E-state index contributed by atoms with van der Waals surface area (Å²) in [4.78, 5) is 26.1. The van der Waals surface area contributed by atoms with Crippen LogP contribution in [0.5, 0.6) is 0 Å². The molecule has 2 aromatic rings. The molecular weight excluding hydrogens is 361 g/mol. The monoisotopic (exact) mass is 382 g/mol. The minimum atomic E-state index is -4.43. The van der Waals surface area contributed by atoms with Gasteiger partial charge in [-0.1, -0.05) is 18.6 Å². The summed E-state index contributed by atoms with van der Waals surface area (Å²) in [7, 11) is 1.49. The SMILES string of the molecule is CN(Cc1cccc(C(F)(F)F)c1)C(=O)Cn1nc2n(c1=O)CCCCC2. The van der Waals surface area contributed by atoms with Gasteiger partial charge in [-0.05, 0) is 30.5 Å². The van der Waals surface area contributed by atoms with Gasteiger partial charge in [-0.3, -0.25) is 9.36 Å². The molecule has 0 aliphatic carbocycles. The van der Waals surface area contributed by atoms with E-state index < -0.39 is 11.7 Å². The van der Waals surface area contributed by atoms with Crippen LogP contribution in [-0.2, 0) is 37.0 Å². The summed E-state index contributed by atoms with van der Waals surface area (Å²) >= 11 is 0. The van der Waals surface area contributed by atoms with Gasteiger partial charge in [0.1, 0.15) is 12.4 Å². The van der Waals surface area contributed by atoms with E-state index in [-0.39, 0.29) is 24.7 Å². The number of amides is 1. The second kappa shape index (κ2) is 7.58. The van der Waals surface area contributed by atoms with Crippen LogP contribution >= 0.6 is 0 Å². The van der Waals surface area contributed by atoms with Crippen molar-refractivity contribution in [2.24, 2.45) is 0 Å². The van der Waals surface area contributed by atoms with E-state index in [1.54, 1.807) is 4.57 Å². The van der Waals surface area contributed by atoms with Crippen LogP contribution in [0.25, 0.3) is 0 Å². The fourth-order valence-electron chi connectivity index (χ4n) is 3.19. The summed E-state index contributed by atoms with van der Waals surface area (Å²) in [5.74, 6) is 0.300. The van der Waals surface area contributed by atoms with Crippen molar-refractivity contribution in [2.45, 2.75) is 51.5 Å². The summed E-state index contributed by atoms with van der Waals surface area (Å²) in [6.07, 6.45) is -0.820. The molecule has 0 saturated carbocycles. The van der Waals surface area contributed by atoms with Gasteiger partial charge in [0.05, 0.1) is 5.56 Å². The van der Waals surface area contributed by atoms with E-state index in [4.69, 9.17) is 0 Å². The van der Waals surface area contributed by atoms with Crippen LogP contribution in [0.3, 0.4) is 0 Å². The lowest BCUT2D eigenvalue weighted by Gasteiger charge is -2.18. The zero-order valence-corrected chi connectivity index (χ0v) is 15.0. The molecular formula is C18H21F3N4O2. The second-order valence-electron chi connectivity index (χ2n) is 6.77. The summed E-state index contributed by atoms with van der Waals surface area (Å²) in [5.41, 5.74) is -0.698. The summed E-state index contributed by atoms with van der Waals surface area (Å²) in [5, 5.41) is 4.26. The molecule has 0 saturated heterocycles. The van der Waals surface area contributed by atoms with E-state index in [9.17, 15) is 22.8 Å². The quantitative estimate of drug-likeness (QED) is 0.816. The Balaban J connectivity index is 1.69. The molecule has 0 radical (unpaired) electrons. The maximum absolute atomic E-state index is 12.8. The van der Waals surface area contributed by atoms with Gasteiger partial charge in [-0.2, -0.15) is 18.3 Å². The molecule has 0 spiro atoms. The third-order valence-electron chi connectivity index (χ3n) is 4.67. The zero-order valence-electron chi connectivity index (χ0n) is 15.0. The number of hydrogen-bond donors (Lipinski definition) is 0. The number of aromatic nitrogens is 3. The number of carbonyl (C=O) groups is 1. The number of likely N-dealkylation sites (N-methyl/N-ethyl adjacent to an activating group) is 1. The predicted octanol–water partition coefficient (Wildman–Crippen LogP) is 2.45. The fourth-order valence-corrected chi connectivity index (χ4v) is 3.19. The summed E-state index contributed by atoms with van der Waals surface area (Å²) < 4.78 is 41.2. The fraction of sp³-hybridized carbons (Fsp3) is 0.500. The number of nitrogens with zero attached hydrogens (tertiary/aromatic N) is 4. The van der Waals surface area contributed by atoms with Crippen LogP contribution in [0, 0.1) is 0 Å². The van der Waals surface area contributed by atoms with Gasteiger partial charge in [0.15, 0.2) is 0 Å². The predicted molar refractivity (Wildman–Crippen MR) is 92.0 cm³/mol. The van der Waals surface area contributed by atoms with Crippen LogP contribution in [0.15, 0.2) is 29.1 Å². The Morgan fingerprint density at radius 1 is 1.26 bits per heavy atom. The van der Waals surface area contributed by atoms with Gasteiger partial charge in [-0.25, -0.2) is 9.48 Å². The van der Waals surface area contributed by atoms with E-state index >= 15 is 0 Å². The van der Waals surface area contributed by atoms with Crippen molar-refractivity contribution in [3.63, 3.8) is 0 Å². The summed E-state index contributed by atoms with van der Waals surface area (Å²) in [6, 6.07) is 4.86. The molecule has 1 amide bonds. The number of benzene rings is 1. The van der Waals surface area contributed by atoms with Crippen LogP contribution in [0.4, 0.5) is 13.2 Å². The van der Waals surface area contributed by atoms with Crippen LogP contribution < -0.4 is 5.69 Å². The van der Waals surface area contributed by atoms with Crippen molar-refractivity contribution in [1.82, 2.24) is 19.2 Å². The smallest absolute Gasteiger partial charge is 0.340 e. The Bertz CT molecular complexity index is 885. The largest absolute Gasteiger partial charge is 0.416 e. The standard InChI is InChI=1S/C18H21F3N4O2/c1-23(11-13-6-5-7-14(10-13)18(19,20)21)16(26)12-25-17(27)24-9-4-2-3-8-15(24)22-25/h5-7,10H,2-4,8-9,11-12H2,1H3. The van der Waals surface area contributed by atoms with E-state index in [1.807, 2.05) is 0 Å². The first-order valence-corrected chi connectivity index (χ1v) is 8.82. The van der Waals surface area contributed by atoms with Gasteiger partial charge >= 0.3 is 11.9 Å². The number of fused-ring (bicyclic) bond motifs is 1. The molecule has 9 heteroatoms. The Morgan fingerprint density at radius 3 is 2.78 bits per heavy atom. The lowest BCUT2D eigenvalue weighted by Crippen LogP contribution is -2.34. The molecule has 1 aromatic carbocycles. The van der Waals surface area contributed by atoms with Crippen LogP contribution in [-0.4, -0.2) is 32.2 Å². The van der Waals surface area contributed by atoms with Crippen LogP contribution in [0.2, 0.25) is 0 Å². The van der Waals surface area contributed by atoms with Gasteiger partial charge in [-0.15, -0.1) is 0 Å². The topological polar surface area (TPSA) is 60.1 Å². The molecule has 1 aliphatic rings. The van der Waals surface area contributed by atoms with E-state index in [0.717, 1.165) is 36.1 Å². The number of rotatable bonds is 4. The Kier molecular flexibility index (Phi) is 5.38. The van der Waals surface area contributed by atoms with Gasteiger partial charge in [0.25, 0.3) is 0 Å². The van der Waals surface area contributed by atoms with Gasteiger partial charge in [0.2, 0.25) is 5.91 Å². The molecule has 0 fully saturated rings. The Hall–Kier alpha value is -2.58. The van der Waals surface area contributed by atoms with Gasteiger partial charge in [0, 0.05) is 26.6 Å². The highest BCUT2D eigenvalue weighted by atomic mass is 19.4. The van der Waals surface area contributed by atoms with Crippen molar-refractivity contribution in [3.05, 3.63) is 51.7 Å². The normalized spacial score (nSPS) is 14.5. The first-order valence-electron chi connectivity index (χ1n) is 8.82. The minimum absolute atomic E-state index is 0.0189. The second-order valence-corrected chi connectivity index (χ2v) is 6.77. The Morgan fingerprint density at radius 2 is 2.04 bits per heavy atom. The molecule has 6 nitrogen and oxygen atoms in total. The highest BCUT2D eigenvalue weighted by Crippen LogP contribution is 2.29. The van der Waals surface area contributed by atoms with E-state index in [0.29, 0.717) is 24.4 Å². The van der Waals surface area contributed by atoms with Crippen molar-refractivity contribution >= 4 is 5.91 Å². The number of alkyl halides is 3. The van der Waals surface area contributed by atoms with E-state index in [2.05, 4.69) is 5.10 Å². The third kappa shape index (κ3) is 4.40. The maximum Gasteiger partial charge on any atom is 0.416 e. The molecule has 0 atom stereocenters. The highest BCUT2D eigenvalue weighted by Gasteiger charge is 2.30. The van der Waals surface area contributed by atoms with Crippen molar-refractivity contribution in [2.75, 3.05) is 7.05 Å². The molecule has 146 valence electrons. The Labute approximate surface area is 154 Å². The minimum Gasteiger partial charge on any atom is -0.340 e. The molecule has 0 N–H and O–H groups in total. The highest BCUT2D eigenvalue weighted by molar-refractivity contribution is 5.75. The number of halogens is 3. The molecule has 0 unspecified atom stereocenters. The molecule has 0 bridgehead atoms. The van der Waals surface area contributed by atoms with Crippen LogP contribution in [0.1, 0.15) is 36.2 Å². The average Bonchev–Trinajstić information content (AvgIpc) is 2.77. The zero-order chi connectivity index (χ0) is 19.6. The molecule has 1 aromatic heterocycles. The molecule has 27 heavy (non-hydrogen) atoms. The van der Waals surface area contributed by atoms with Crippen molar-refractivity contribution in [1.29, 1.82) is 0 Å². The molecule has 1 aliphatic heterocycles. The van der Waals surface area contributed by atoms with Gasteiger partial charge < -0.3 is 4.90 Å². The first-order chi connectivity index (χ1) is 12.8. The lowest BCUT2D eigenvalue weighted by atomic mass is 10.1. The lowest BCUT2D eigenvalue weighted by molar-refractivity contribution is -0.137. The summed E-state index contributed by atoms with van der Waals surface area (Å²) in [6.45, 7) is 0.391. The van der Waals surface area contributed by atoms with E-state index in [1.165, 1.54) is 24.1 Å². The third-order valence-corrected chi connectivity index (χ3v) is 4.67. The number of carbonyl (C=O) groups excluding carboxylic acids is 1. The van der Waals surface area contributed by atoms with Crippen molar-refractivity contribution < 1.29 is 18.0 Å². The van der Waals surface area contributed by atoms with Crippen molar-refractivity contribution in [3.8, 4) is 0 Å². The molecule has 3 rings (SSSR count). The average molecular weight is 382 g/mol. The molecule has 2 heterocycles. The maximum atomic E-state index is 12.8. The number of aryl methyl sites for hydroxylation is 1. The number of hydrogen-bond acceptors (Lipinski definition) is 3.